The molecule has 1 aromatic heterocycles. The Bertz CT molecular complexity index is 284. The van der Waals surface area contributed by atoms with Gasteiger partial charge in [0.1, 0.15) is 5.76 Å². The van der Waals surface area contributed by atoms with Gasteiger partial charge in [0, 0.05) is 6.42 Å². The molecule has 2 rings (SSSR count). The average Bonchev–Trinajstić information content (AvgIpc) is 2.71. The van der Waals surface area contributed by atoms with Crippen LogP contribution in [0.2, 0.25) is 0 Å². The minimum atomic E-state index is -2.55. The first-order valence-corrected chi connectivity index (χ1v) is 4.82. The monoisotopic (exact) mass is 201 g/mol. The van der Waals surface area contributed by atoms with Crippen molar-refractivity contribution in [2.45, 2.75) is 37.8 Å². The van der Waals surface area contributed by atoms with E-state index in [2.05, 4.69) is 5.32 Å². The molecule has 1 aromatic rings. The van der Waals surface area contributed by atoms with E-state index < -0.39 is 12.0 Å². The summed E-state index contributed by atoms with van der Waals surface area (Å²) in [5.74, 6) is -1.85. The van der Waals surface area contributed by atoms with Crippen LogP contribution in [0.25, 0.3) is 0 Å². The quantitative estimate of drug-likeness (QED) is 0.813. The lowest BCUT2D eigenvalue weighted by Crippen LogP contribution is -2.39. The van der Waals surface area contributed by atoms with Gasteiger partial charge >= 0.3 is 0 Å². The summed E-state index contributed by atoms with van der Waals surface area (Å²) in [5, 5.41) is 2.83. The molecule has 0 saturated heterocycles. The second kappa shape index (κ2) is 3.69. The third kappa shape index (κ3) is 1.95. The Hall–Kier alpha value is -0.900. The summed E-state index contributed by atoms with van der Waals surface area (Å²) in [6.45, 7) is 0.382. The smallest absolute Gasteiger partial charge is 0.263 e. The molecule has 2 nitrogen and oxygen atoms in total. The second-order valence-electron chi connectivity index (χ2n) is 3.67. The lowest BCUT2D eigenvalue weighted by atomic mass is 10.2. The van der Waals surface area contributed by atoms with Crippen molar-refractivity contribution in [3.8, 4) is 0 Å². The molecule has 1 unspecified atom stereocenters. The number of halogens is 2. The number of hydrogen-bond acceptors (Lipinski definition) is 2. The number of hydrogen-bond donors (Lipinski definition) is 1. The summed E-state index contributed by atoms with van der Waals surface area (Å²) in [6, 6.07) is 2.84. The zero-order valence-electron chi connectivity index (χ0n) is 7.80. The van der Waals surface area contributed by atoms with Gasteiger partial charge in [0.15, 0.2) is 0 Å². The van der Waals surface area contributed by atoms with E-state index in [-0.39, 0.29) is 6.42 Å². The molecule has 1 aliphatic carbocycles. The van der Waals surface area contributed by atoms with E-state index in [1.54, 1.807) is 18.4 Å². The van der Waals surface area contributed by atoms with Crippen LogP contribution in [0.5, 0.6) is 0 Å². The molecular formula is C10H13F2NO. The fourth-order valence-corrected chi connectivity index (χ4v) is 1.82. The predicted octanol–water partition coefficient (Wildman–Crippen LogP) is 2.56. The van der Waals surface area contributed by atoms with Crippen molar-refractivity contribution in [3.63, 3.8) is 0 Å². The van der Waals surface area contributed by atoms with Crippen molar-refractivity contribution in [2.75, 3.05) is 0 Å². The molecular weight excluding hydrogens is 188 g/mol. The Morgan fingerprint density at radius 1 is 1.57 bits per heavy atom. The molecule has 0 amide bonds. The van der Waals surface area contributed by atoms with E-state index in [1.165, 1.54) is 0 Å². The van der Waals surface area contributed by atoms with E-state index in [4.69, 9.17) is 4.42 Å². The summed E-state index contributed by atoms with van der Waals surface area (Å²) < 4.78 is 31.3. The van der Waals surface area contributed by atoms with Crippen LogP contribution in [-0.4, -0.2) is 12.0 Å². The van der Waals surface area contributed by atoms with Crippen LogP contribution in [0.3, 0.4) is 0 Å². The molecule has 1 fully saturated rings. The molecule has 78 valence electrons. The maximum atomic E-state index is 13.1. The SMILES string of the molecule is FC1(F)CCCC1NCc1ccco1. The van der Waals surface area contributed by atoms with Gasteiger partial charge in [-0.05, 0) is 25.0 Å². The summed E-state index contributed by atoms with van der Waals surface area (Å²) in [6.07, 6.45) is 2.70. The fourth-order valence-electron chi connectivity index (χ4n) is 1.82. The van der Waals surface area contributed by atoms with Crippen LogP contribution < -0.4 is 5.32 Å². The highest BCUT2D eigenvalue weighted by Gasteiger charge is 2.43. The first-order valence-electron chi connectivity index (χ1n) is 4.82. The van der Waals surface area contributed by atoms with Gasteiger partial charge < -0.3 is 9.73 Å². The van der Waals surface area contributed by atoms with Crippen molar-refractivity contribution in [3.05, 3.63) is 24.2 Å². The van der Waals surface area contributed by atoms with Gasteiger partial charge in [0.2, 0.25) is 0 Å². The minimum Gasteiger partial charge on any atom is -0.468 e. The normalized spacial score (nSPS) is 25.4. The fraction of sp³-hybridized carbons (Fsp3) is 0.600. The van der Waals surface area contributed by atoms with Gasteiger partial charge in [0.25, 0.3) is 5.92 Å². The average molecular weight is 201 g/mol. The summed E-state index contributed by atoms with van der Waals surface area (Å²) in [5.41, 5.74) is 0. The molecule has 0 bridgehead atoms. The number of furan rings is 1. The Kier molecular flexibility index (Phi) is 2.54. The Balaban J connectivity index is 1.86. The van der Waals surface area contributed by atoms with Gasteiger partial charge in [-0.15, -0.1) is 0 Å². The van der Waals surface area contributed by atoms with Crippen LogP contribution in [-0.2, 0) is 6.54 Å². The van der Waals surface area contributed by atoms with Crippen molar-refractivity contribution in [1.29, 1.82) is 0 Å². The maximum Gasteiger partial charge on any atom is 0.263 e. The van der Waals surface area contributed by atoms with E-state index >= 15 is 0 Å². The summed E-state index contributed by atoms with van der Waals surface area (Å²) in [4.78, 5) is 0. The first-order chi connectivity index (χ1) is 6.68. The van der Waals surface area contributed by atoms with E-state index in [0.29, 0.717) is 25.1 Å². The van der Waals surface area contributed by atoms with Crippen molar-refractivity contribution in [2.24, 2.45) is 0 Å². The number of alkyl halides is 2. The van der Waals surface area contributed by atoms with Crippen LogP contribution in [0.4, 0.5) is 8.78 Å². The molecule has 1 atom stereocenters. The van der Waals surface area contributed by atoms with Crippen molar-refractivity contribution < 1.29 is 13.2 Å². The maximum absolute atomic E-state index is 13.1. The van der Waals surface area contributed by atoms with E-state index in [0.717, 1.165) is 0 Å². The third-order valence-electron chi connectivity index (χ3n) is 2.62. The topological polar surface area (TPSA) is 25.2 Å². The lowest BCUT2D eigenvalue weighted by Gasteiger charge is -2.19. The third-order valence-corrected chi connectivity index (χ3v) is 2.62. The highest BCUT2D eigenvalue weighted by molar-refractivity contribution is 4.99. The van der Waals surface area contributed by atoms with Crippen LogP contribution in [0.15, 0.2) is 22.8 Å². The lowest BCUT2D eigenvalue weighted by molar-refractivity contribution is -0.0187. The molecule has 0 radical (unpaired) electrons. The van der Waals surface area contributed by atoms with Gasteiger partial charge in [-0.3, -0.25) is 0 Å². The Morgan fingerprint density at radius 2 is 2.43 bits per heavy atom. The highest BCUT2D eigenvalue weighted by atomic mass is 19.3. The molecule has 1 saturated carbocycles. The zero-order valence-corrected chi connectivity index (χ0v) is 7.80. The summed E-state index contributed by atoms with van der Waals surface area (Å²) >= 11 is 0. The van der Waals surface area contributed by atoms with E-state index in [1.807, 2.05) is 0 Å². The second-order valence-corrected chi connectivity index (χ2v) is 3.67. The number of rotatable bonds is 3. The molecule has 1 N–H and O–H groups in total. The van der Waals surface area contributed by atoms with Gasteiger partial charge in [0.05, 0.1) is 18.8 Å². The molecule has 14 heavy (non-hydrogen) atoms. The van der Waals surface area contributed by atoms with Crippen LogP contribution >= 0.6 is 0 Å². The zero-order chi connectivity index (χ0) is 10.0. The van der Waals surface area contributed by atoms with Gasteiger partial charge in [-0.2, -0.15) is 0 Å². The first kappa shape index (κ1) is 9.65. The molecule has 0 spiro atoms. The van der Waals surface area contributed by atoms with E-state index in [9.17, 15) is 8.78 Å². The van der Waals surface area contributed by atoms with Crippen LogP contribution in [0.1, 0.15) is 25.0 Å². The highest BCUT2D eigenvalue weighted by Crippen LogP contribution is 2.35. The number of nitrogens with one attached hydrogen (secondary N) is 1. The molecule has 0 aromatic carbocycles. The molecule has 1 heterocycles. The molecule has 4 heteroatoms. The molecule has 0 aliphatic heterocycles. The Morgan fingerprint density at radius 3 is 3.00 bits per heavy atom. The minimum absolute atomic E-state index is 0.00280. The summed E-state index contributed by atoms with van der Waals surface area (Å²) in [7, 11) is 0. The van der Waals surface area contributed by atoms with Crippen LogP contribution in [0, 0.1) is 0 Å². The predicted molar refractivity (Wildman–Crippen MR) is 48.1 cm³/mol. The van der Waals surface area contributed by atoms with Gasteiger partial charge in [-0.25, -0.2) is 8.78 Å². The van der Waals surface area contributed by atoms with Crippen molar-refractivity contribution in [1.82, 2.24) is 5.32 Å². The Labute approximate surface area is 81.3 Å². The largest absolute Gasteiger partial charge is 0.468 e. The molecule has 1 aliphatic rings. The van der Waals surface area contributed by atoms with Gasteiger partial charge in [-0.1, -0.05) is 0 Å². The van der Waals surface area contributed by atoms with Crippen molar-refractivity contribution >= 4 is 0 Å². The standard InChI is InChI=1S/C10H13F2NO/c11-10(12)5-1-4-9(10)13-7-8-3-2-6-14-8/h2-3,6,9,13H,1,4-5,7H2.